The molecule has 2 heterocycles. The van der Waals surface area contributed by atoms with E-state index < -0.39 is 0 Å². The number of nitrogens with two attached hydrogens (primary N) is 1. The van der Waals surface area contributed by atoms with Crippen molar-refractivity contribution in [1.29, 1.82) is 0 Å². The summed E-state index contributed by atoms with van der Waals surface area (Å²) >= 11 is 1.55. The van der Waals surface area contributed by atoms with Gasteiger partial charge in [0.2, 0.25) is 0 Å². The SMILES string of the molecule is Cc1ccc(-c2csc(N)c2)cn1. The summed E-state index contributed by atoms with van der Waals surface area (Å²) in [7, 11) is 0. The molecular weight excluding hydrogens is 180 g/mol. The third kappa shape index (κ3) is 1.70. The average molecular weight is 190 g/mol. The molecular formula is C10H10N2S. The van der Waals surface area contributed by atoms with Gasteiger partial charge < -0.3 is 5.73 Å². The van der Waals surface area contributed by atoms with E-state index in [-0.39, 0.29) is 0 Å². The van der Waals surface area contributed by atoms with Crippen LogP contribution in [0.15, 0.2) is 29.8 Å². The maximum absolute atomic E-state index is 5.64. The molecule has 66 valence electrons. The second-order valence-electron chi connectivity index (χ2n) is 2.93. The number of hydrogen-bond acceptors (Lipinski definition) is 3. The minimum atomic E-state index is 0.843. The highest BCUT2D eigenvalue weighted by atomic mass is 32.1. The minimum absolute atomic E-state index is 0.843. The van der Waals surface area contributed by atoms with Crippen LogP contribution in [0.2, 0.25) is 0 Å². The summed E-state index contributed by atoms with van der Waals surface area (Å²) in [5, 5.41) is 2.89. The molecule has 2 aromatic heterocycles. The summed E-state index contributed by atoms with van der Waals surface area (Å²) in [6.07, 6.45) is 1.87. The molecule has 0 amide bonds. The van der Waals surface area contributed by atoms with E-state index in [1.165, 1.54) is 0 Å². The van der Waals surface area contributed by atoms with Gasteiger partial charge in [0.25, 0.3) is 0 Å². The standard InChI is InChI=1S/C10H10N2S/c1-7-2-3-8(5-12-7)9-4-10(11)13-6-9/h2-6H,11H2,1H3. The summed E-state index contributed by atoms with van der Waals surface area (Å²) in [4.78, 5) is 4.23. The maximum Gasteiger partial charge on any atom is 0.0862 e. The summed E-state index contributed by atoms with van der Waals surface area (Å²) in [5.74, 6) is 0. The Hall–Kier alpha value is -1.35. The number of hydrogen-bond donors (Lipinski definition) is 1. The van der Waals surface area contributed by atoms with Gasteiger partial charge in [-0.2, -0.15) is 0 Å². The fourth-order valence-corrected chi connectivity index (χ4v) is 1.80. The zero-order chi connectivity index (χ0) is 9.26. The predicted octanol–water partition coefficient (Wildman–Crippen LogP) is 2.70. The van der Waals surface area contributed by atoms with Crippen molar-refractivity contribution in [2.75, 3.05) is 5.73 Å². The Morgan fingerprint density at radius 3 is 2.69 bits per heavy atom. The van der Waals surface area contributed by atoms with Crippen LogP contribution < -0.4 is 5.73 Å². The third-order valence-electron chi connectivity index (χ3n) is 1.86. The fourth-order valence-electron chi connectivity index (χ4n) is 1.14. The van der Waals surface area contributed by atoms with E-state index in [1.54, 1.807) is 11.3 Å². The van der Waals surface area contributed by atoms with Crippen molar-refractivity contribution in [3.8, 4) is 11.1 Å². The van der Waals surface area contributed by atoms with Crippen LogP contribution in [0, 0.1) is 6.92 Å². The molecule has 0 aliphatic carbocycles. The van der Waals surface area contributed by atoms with Crippen LogP contribution in [0.4, 0.5) is 5.00 Å². The molecule has 0 spiro atoms. The molecule has 2 rings (SSSR count). The molecule has 2 nitrogen and oxygen atoms in total. The van der Waals surface area contributed by atoms with Crippen LogP contribution >= 0.6 is 11.3 Å². The number of nitrogens with zero attached hydrogens (tertiary/aromatic N) is 1. The van der Waals surface area contributed by atoms with Gasteiger partial charge in [0.05, 0.1) is 5.00 Å². The van der Waals surface area contributed by atoms with Crippen molar-refractivity contribution < 1.29 is 0 Å². The van der Waals surface area contributed by atoms with Gasteiger partial charge in [0.15, 0.2) is 0 Å². The van der Waals surface area contributed by atoms with Crippen LogP contribution in [0.1, 0.15) is 5.69 Å². The number of aromatic nitrogens is 1. The molecule has 0 aliphatic heterocycles. The zero-order valence-electron chi connectivity index (χ0n) is 7.32. The van der Waals surface area contributed by atoms with E-state index in [0.29, 0.717) is 0 Å². The largest absolute Gasteiger partial charge is 0.391 e. The summed E-state index contributed by atoms with van der Waals surface area (Å²) in [6, 6.07) is 6.03. The van der Waals surface area contributed by atoms with Gasteiger partial charge in [-0.15, -0.1) is 11.3 Å². The first-order valence-corrected chi connectivity index (χ1v) is 4.91. The van der Waals surface area contributed by atoms with Crippen LogP contribution in [0.25, 0.3) is 11.1 Å². The number of rotatable bonds is 1. The lowest BCUT2D eigenvalue weighted by Gasteiger charge is -1.96. The fraction of sp³-hybridized carbons (Fsp3) is 0.100. The number of nitrogen functional groups attached to an aromatic ring is 1. The number of aryl methyl sites for hydroxylation is 1. The molecule has 0 aromatic carbocycles. The van der Waals surface area contributed by atoms with Crippen LogP contribution in [0.5, 0.6) is 0 Å². The molecule has 2 N–H and O–H groups in total. The summed E-state index contributed by atoms with van der Waals surface area (Å²) < 4.78 is 0. The molecule has 0 bridgehead atoms. The Bertz CT molecular complexity index is 403. The van der Waals surface area contributed by atoms with Crippen molar-refractivity contribution in [3.63, 3.8) is 0 Å². The normalized spacial score (nSPS) is 10.2. The second kappa shape index (κ2) is 3.18. The smallest absolute Gasteiger partial charge is 0.0862 e. The Kier molecular flexibility index (Phi) is 2.02. The maximum atomic E-state index is 5.64. The quantitative estimate of drug-likeness (QED) is 0.751. The molecule has 2 aromatic rings. The van der Waals surface area contributed by atoms with Crippen LogP contribution in [0.3, 0.4) is 0 Å². The van der Waals surface area contributed by atoms with Crippen LogP contribution in [-0.4, -0.2) is 4.98 Å². The van der Waals surface area contributed by atoms with Crippen molar-refractivity contribution in [2.24, 2.45) is 0 Å². The van der Waals surface area contributed by atoms with E-state index in [0.717, 1.165) is 21.8 Å². The zero-order valence-corrected chi connectivity index (χ0v) is 8.14. The number of thiophene rings is 1. The van der Waals surface area contributed by atoms with E-state index >= 15 is 0 Å². The second-order valence-corrected chi connectivity index (χ2v) is 3.87. The minimum Gasteiger partial charge on any atom is -0.391 e. The number of pyridine rings is 1. The van der Waals surface area contributed by atoms with E-state index in [4.69, 9.17) is 5.73 Å². The summed E-state index contributed by atoms with van der Waals surface area (Å²) in [5.41, 5.74) is 8.95. The Labute approximate surface area is 81.1 Å². The third-order valence-corrected chi connectivity index (χ3v) is 2.63. The lowest BCUT2D eigenvalue weighted by Crippen LogP contribution is -1.81. The molecule has 0 aliphatic rings. The van der Waals surface area contributed by atoms with E-state index in [1.807, 2.05) is 30.6 Å². The first-order chi connectivity index (χ1) is 6.25. The molecule has 0 atom stereocenters. The first-order valence-electron chi connectivity index (χ1n) is 4.03. The van der Waals surface area contributed by atoms with Gasteiger partial charge >= 0.3 is 0 Å². The van der Waals surface area contributed by atoms with Gasteiger partial charge in [-0.05, 0) is 24.6 Å². The lowest BCUT2D eigenvalue weighted by molar-refractivity contribution is 1.20. The van der Waals surface area contributed by atoms with Gasteiger partial charge in [0.1, 0.15) is 0 Å². The number of anilines is 1. The molecule has 0 unspecified atom stereocenters. The molecule has 3 heteroatoms. The Morgan fingerprint density at radius 2 is 2.15 bits per heavy atom. The van der Waals surface area contributed by atoms with Crippen molar-refractivity contribution in [3.05, 3.63) is 35.5 Å². The topological polar surface area (TPSA) is 38.9 Å². The lowest BCUT2D eigenvalue weighted by atomic mass is 10.1. The van der Waals surface area contributed by atoms with Crippen LogP contribution in [-0.2, 0) is 0 Å². The van der Waals surface area contributed by atoms with E-state index in [2.05, 4.69) is 11.1 Å². The van der Waals surface area contributed by atoms with Crippen molar-refractivity contribution in [2.45, 2.75) is 6.92 Å². The molecule has 0 saturated heterocycles. The highest BCUT2D eigenvalue weighted by Crippen LogP contribution is 2.26. The highest BCUT2D eigenvalue weighted by molar-refractivity contribution is 7.14. The van der Waals surface area contributed by atoms with Gasteiger partial charge in [-0.1, -0.05) is 6.07 Å². The highest BCUT2D eigenvalue weighted by Gasteiger charge is 1.99. The van der Waals surface area contributed by atoms with Crippen molar-refractivity contribution >= 4 is 16.3 Å². The summed E-state index contributed by atoms with van der Waals surface area (Å²) in [6.45, 7) is 1.98. The van der Waals surface area contributed by atoms with E-state index in [9.17, 15) is 0 Å². The molecule has 0 radical (unpaired) electrons. The van der Waals surface area contributed by atoms with Gasteiger partial charge in [-0.3, -0.25) is 4.98 Å². The Morgan fingerprint density at radius 1 is 1.31 bits per heavy atom. The van der Waals surface area contributed by atoms with Crippen molar-refractivity contribution in [1.82, 2.24) is 4.98 Å². The monoisotopic (exact) mass is 190 g/mol. The van der Waals surface area contributed by atoms with Gasteiger partial charge in [0, 0.05) is 22.8 Å². The first kappa shape index (κ1) is 8.26. The Balaban J connectivity index is 2.41. The predicted molar refractivity (Wildman–Crippen MR) is 56.7 cm³/mol. The molecule has 0 fully saturated rings. The average Bonchev–Trinajstić information content (AvgIpc) is 2.53. The molecule has 0 saturated carbocycles. The van der Waals surface area contributed by atoms with Gasteiger partial charge in [-0.25, -0.2) is 0 Å². The molecule has 13 heavy (non-hydrogen) atoms.